The van der Waals surface area contributed by atoms with Gasteiger partial charge in [0.2, 0.25) is 5.91 Å². The predicted molar refractivity (Wildman–Crippen MR) is 113 cm³/mol. The molecule has 164 valence electrons. The summed E-state index contributed by atoms with van der Waals surface area (Å²) in [6.07, 6.45) is 0. The second-order valence-corrected chi connectivity index (χ2v) is 7.13. The fourth-order valence-electron chi connectivity index (χ4n) is 3.59. The van der Waals surface area contributed by atoms with Gasteiger partial charge in [0, 0.05) is 11.3 Å². The highest BCUT2D eigenvalue weighted by atomic mass is 19.3. The van der Waals surface area contributed by atoms with Crippen molar-refractivity contribution in [2.75, 3.05) is 5.32 Å². The number of aromatic nitrogens is 4. The van der Waals surface area contributed by atoms with Crippen molar-refractivity contribution in [1.29, 1.82) is 0 Å². The molecule has 0 spiro atoms. The Labute approximate surface area is 180 Å². The lowest BCUT2D eigenvalue weighted by atomic mass is 10.2. The van der Waals surface area contributed by atoms with E-state index in [-0.39, 0.29) is 29.4 Å². The summed E-state index contributed by atoms with van der Waals surface area (Å²) in [5.41, 5.74) is 2.08. The van der Waals surface area contributed by atoms with E-state index in [1.807, 2.05) is 0 Å². The number of alkyl halides is 2. The molecule has 1 N–H and O–H groups in total. The number of carbonyl (C=O) groups excluding carboxylic acids is 1. The van der Waals surface area contributed by atoms with Crippen molar-refractivity contribution in [3.63, 3.8) is 0 Å². The van der Waals surface area contributed by atoms with Crippen LogP contribution in [0.3, 0.4) is 0 Å². The molecular weight excluding hydrogens is 422 g/mol. The van der Waals surface area contributed by atoms with E-state index in [1.165, 1.54) is 18.5 Å². The third-order valence-electron chi connectivity index (χ3n) is 5.04. The standard InChI is InChI=1S/C21H18F2N6O3/c1-12-19(29(31)32)13(2)27(26-12)11-18(30)24-15-9-7-14(8-10-15)20-25-16-5-3-4-6-17(16)28(20)21(22)23/h3-10,21H,11H2,1-2H3,(H,24,30). The molecule has 0 saturated carbocycles. The summed E-state index contributed by atoms with van der Waals surface area (Å²) < 4.78 is 29.5. The minimum atomic E-state index is -2.76. The molecule has 2 aromatic heterocycles. The van der Waals surface area contributed by atoms with E-state index in [0.717, 1.165) is 4.57 Å². The second kappa shape index (κ2) is 8.17. The zero-order valence-electron chi connectivity index (χ0n) is 17.1. The van der Waals surface area contributed by atoms with E-state index >= 15 is 0 Å². The average Bonchev–Trinajstić information content (AvgIpc) is 3.25. The molecule has 0 fully saturated rings. The van der Waals surface area contributed by atoms with Crippen molar-refractivity contribution in [3.05, 3.63) is 70.0 Å². The number of imidazole rings is 1. The minimum Gasteiger partial charge on any atom is -0.324 e. The van der Waals surface area contributed by atoms with Crippen LogP contribution in [0.5, 0.6) is 0 Å². The SMILES string of the molecule is Cc1nn(CC(=O)Nc2ccc(-c3nc4ccccc4n3C(F)F)cc2)c(C)c1[N+](=O)[O-]. The molecule has 1 amide bonds. The largest absolute Gasteiger partial charge is 0.324 e. The van der Waals surface area contributed by atoms with Crippen molar-refractivity contribution in [3.8, 4) is 11.4 Å². The number of halogens is 2. The Balaban J connectivity index is 1.54. The van der Waals surface area contributed by atoms with Gasteiger partial charge < -0.3 is 5.32 Å². The molecule has 2 heterocycles. The van der Waals surface area contributed by atoms with Crippen LogP contribution < -0.4 is 5.32 Å². The molecule has 0 saturated heterocycles. The van der Waals surface area contributed by atoms with Gasteiger partial charge in [0.1, 0.15) is 23.8 Å². The van der Waals surface area contributed by atoms with E-state index in [4.69, 9.17) is 0 Å². The van der Waals surface area contributed by atoms with Crippen molar-refractivity contribution in [2.24, 2.45) is 0 Å². The first kappa shape index (κ1) is 21.1. The Morgan fingerprint density at radius 1 is 1.16 bits per heavy atom. The second-order valence-electron chi connectivity index (χ2n) is 7.13. The monoisotopic (exact) mass is 440 g/mol. The molecule has 0 bridgehead atoms. The molecule has 11 heteroatoms. The zero-order valence-corrected chi connectivity index (χ0v) is 17.1. The van der Waals surface area contributed by atoms with Gasteiger partial charge >= 0.3 is 12.2 Å². The summed E-state index contributed by atoms with van der Waals surface area (Å²) in [7, 11) is 0. The molecule has 32 heavy (non-hydrogen) atoms. The van der Waals surface area contributed by atoms with Gasteiger partial charge in [-0.05, 0) is 50.2 Å². The first-order valence-electron chi connectivity index (χ1n) is 9.60. The van der Waals surface area contributed by atoms with E-state index in [0.29, 0.717) is 22.3 Å². The highest BCUT2D eigenvalue weighted by Crippen LogP contribution is 2.30. The number of hydrogen-bond acceptors (Lipinski definition) is 5. The molecule has 0 aliphatic rings. The Bertz CT molecular complexity index is 1330. The van der Waals surface area contributed by atoms with Gasteiger partial charge in [-0.1, -0.05) is 12.1 Å². The van der Waals surface area contributed by atoms with Gasteiger partial charge in [0.15, 0.2) is 0 Å². The first-order chi connectivity index (χ1) is 15.3. The number of nitro groups is 1. The molecule has 9 nitrogen and oxygen atoms in total. The van der Waals surface area contributed by atoms with Gasteiger partial charge in [-0.25, -0.2) is 4.98 Å². The Kier molecular flexibility index (Phi) is 5.39. The lowest BCUT2D eigenvalue weighted by Crippen LogP contribution is -2.20. The third-order valence-corrected chi connectivity index (χ3v) is 5.04. The molecule has 0 unspecified atom stereocenters. The van der Waals surface area contributed by atoms with Crippen molar-refractivity contribution >= 4 is 28.3 Å². The number of anilines is 1. The van der Waals surface area contributed by atoms with Crippen molar-refractivity contribution in [1.82, 2.24) is 19.3 Å². The number of benzene rings is 2. The number of carbonyl (C=O) groups is 1. The maximum Gasteiger partial charge on any atom is 0.320 e. The van der Waals surface area contributed by atoms with Crippen LogP contribution in [0.2, 0.25) is 0 Å². The maximum atomic E-state index is 13.7. The number of fused-ring (bicyclic) bond motifs is 1. The smallest absolute Gasteiger partial charge is 0.320 e. The number of amides is 1. The van der Waals surface area contributed by atoms with Crippen LogP contribution in [-0.4, -0.2) is 30.2 Å². The summed E-state index contributed by atoms with van der Waals surface area (Å²) in [5.74, 6) is -0.313. The Hall–Kier alpha value is -4.15. The Morgan fingerprint density at radius 2 is 1.84 bits per heavy atom. The van der Waals surface area contributed by atoms with Crippen molar-refractivity contribution < 1.29 is 18.5 Å². The summed E-state index contributed by atoms with van der Waals surface area (Å²) in [6.45, 7) is 0.0607. The van der Waals surface area contributed by atoms with Gasteiger partial charge in [-0.3, -0.25) is 24.2 Å². The van der Waals surface area contributed by atoms with Crippen LogP contribution in [-0.2, 0) is 11.3 Å². The number of nitrogens with one attached hydrogen (secondary N) is 1. The van der Waals surface area contributed by atoms with Gasteiger partial charge in [0.25, 0.3) is 0 Å². The van der Waals surface area contributed by atoms with Gasteiger partial charge in [-0.15, -0.1) is 0 Å². The van der Waals surface area contributed by atoms with Gasteiger partial charge in [-0.2, -0.15) is 13.9 Å². The van der Waals surface area contributed by atoms with E-state index in [1.54, 1.807) is 48.5 Å². The molecule has 2 aromatic carbocycles. The van der Waals surface area contributed by atoms with Crippen LogP contribution in [0.4, 0.5) is 20.2 Å². The highest BCUT2D eigenvalue weighted by Gasteiger charge is 2.23. The average molecular weight is 440 g/mol. The fraction of sp³-hybridized carbons (Fsp3) is 0.190. The van der Waals surface area contributed by atoms with E-state index in [9.17, 15) is 23.7 Å². The summed E-state index contributed by atoms with van der Waals surface area (Å²) >= 11 is 0. The fourth-order valence-corrected chi connectivity index (χ4v) is 3.59. The minimum absolute atomic E-state index is 0.119. The van der Waals surface area contributed by atoms with Gasteiger partial charge in [0.05, 0.1) is 16.0 Å². The molecule has 4 rings (SSSR count). The normalized spacial score (nSPS) is 11.3. The lowest BCUT2D eigenvalue weighted by molar-refractivity contribution is -0.386. The highest BCUT2D eigenvalue weighted by molar-refractivity contribution is 5.91. The summed E-state index contributed by atoms with van der Waals surface area (Å²) in [5, 5.41) is 17.8. The molecule has 0 radical (unpaired) electrons. The number of aryl methyl sites for hydroxylation is 1. The number of nitrogens with zero attached hydrogens (tertiary/aromatic N) is 5. The third kappa shape index (κ3) is 3.80. The van der Waals surface area contributed by atoms with Crippen molar-refractivity contribution in [2.45, 2.75) is 26.9 Å². The maximum absolute atomic E-state index is 13.7. The topological polar surface area (TPSA) is 108 Å². The quantitative estimate of drug-likeness (QED) is 0.352. The molecule has 0 aliphatic carbocycles. The zero-order chi connectivity index (χ0) is 23.0. The summed E-state index contributed by atoms with van der Waals surface area (Å²) in [4.78, 5) is 27.3. The molecule has 4 aromatic rings. The van der Waals surface area contributed by atoms with Crippen LogP contribution in [0.25, 0.3) is 22.4 Å². The van der Waals surface area contributed by atoms with E-state index < -0.39 is 17.4 Å². The predicted octanol–water partition coefficient (Wildman–Crippen LogP) is 4.46. The Morgan fingerprint density at radius 3 is 2.47 bits per heavy atom. The summed E-state index contributed by atoms with van der Waals surface area (Å²) in [6, 6.07) is 13.0. The van der Waals surface area contributed by atoms with Crippen LogP contribution in [0.15, 0.2) is 48.5 Å². The number of rotatable bonds is 6. The number of hydrogen-bond donors (Lipinski definition) is 1. The molecule has 0 aliphatic heterocycles. The lowest BCUT2D eigenvalue weighted by Gasteiger charge is -2.09. The van der Waals surface area contributed by atoms with Crippen LogP contribution in [0.1, 0.15) is 17.9 Å². The van der Waals surface area contributed by atoms with Crippen LogP contribution in [0, 0.1) is 24.0 Å². The first-order valence-corrected chi connectivity index (χ1v) is 9.60. The van der Waals surface area contributed by atoms with E-state index in [2.05, 4.69) is 15.4 Å². The molecule has 0 atom stereocenters. The molecular formula is C21H18F2N6O3. The number of para-hydroxylation sites is 2. The van der Waals surface area contributed by atoms with Crippen LogP contribution >= 0.6 is 0 Å².